The predicted molar refractivity (Wildman–Crippen MR) is 81.1 cm³/mol. The molecule has 1 aromatic heterocycles. The Labute approximate surface area is 128 Å². The third-order valence-electron chi connectivity index (χ3n) is 4.00. The van der Waals surface area contributed by atoms with Gasteiger partial charge >= 0.3 is 0 Å². The van der Waals surface area contributed by atoms with Gasteiger partial charge in [0.25, 0.3) is 5.91 Å². The zero-order valence-corrected chi connectivity index (χ0v) is 12.5. The van der Waals surface area contributed by atoms with E-state index in [1.165, 1.54) is 18.2 Å². The normalized spacial score (nSPS) is 17.1. The second-order valence-corrected chi connectivity index (χ2v) is 5.64. The Morgan fingerprint density at radius 3 is 2.81 bits per heavy atom. The minimum atomic E-state index is -0.401. The highest BCUT2D eigenvalue weighted by atomic mass is 35.5. The van der Waals surface area contributed by atoms with E-state index in [-0.39, 0.29) is 29.9 Å². The van der Waals surface area contributed by atoms with Crippen molar-refractivity contribution in [3.05, 3.63) is 35.8 Å². The largest absolute Gasteiger partial charge is 0.451 e. The molecule has 1 unspecified atom stereocenters. The number of nitrogens with one attached hydrogen (secondary N) is 1. The molecule has 1 atom stereocenters. The van der Waals surface area contributed by atoms with Crippen LogP contribution in [0.3, 0.4) is 0 Å². The van der Waals surface area contributed by atoms with Gasteiger partial charge in [-0.2, -0.15) is 0 Å². The van der Waals surface area contributed by atoms with Crippen molar-refractivity contribution >= 4 is 29.3 Å². The van der Waals surface area contributed by atoms with E-state index >= 15 is 0 Å². The number of rotatable bonds is 4. The summed E-state index contributed by atoms with van der Waals surface area (Å²) >= 11 is 0. The highest BCUT2D eigenvalue weighted by Gasteiger charge is 2.42. The molecule has 2 aromatic rings. The molecule has 1 amide bonds. The maximum absolute atomic E-state index is 13.1. The van der Waals surface area contributed by atoms with Gasteiger partial charge in [0.15, 0.2) is 5.76 Å². The summed E-state index contributed by atoms with van der Waals surface area (Å²) in [6.07, 6.45) is 2.17. The van der Waals surface area contributed by atoms with Crippen LogP contribution in [-0.4, -0.2) is 18.0 Å². The standard InChI is InChI=1S/C15H17FN2O2.ClH/c1-15(8-17,10-2-3-10)18-14(19)13-7-9-6-11(16)4-5-12(9)20-13;/h4-7,10H,2-3,8,17H2,1H3,(H,18,19);1H. The molecule has 4 nitrogen and oxygen atoms in total. The zero-order valence-electron chi connectivity index (χ0n) is 11.7. The molecule has 6 heteroatoms. The second kappa shape index (κ2) is 5.66. The van der Waals surface area contributed by atoms with Gasteiger partial charge in [0, 0.05) is 11.9 Å². The van der Waals surface area contributed by atoms with Crippen molar-refractivity contribution in [1.82, 2.24) is 5.32 Å². The van der Waals surface area contributed by atoms with Crippen LogP contribution in [0.2, 0.25) is 0 Å². The number of carbonyl (C=O) groups is 1. The Morgan fingerprint density at radius 2 is 2.19 bits per heavy atom. The van der Waals surface area contributed by atoms with Crippen LogP contribution in [-0.2, 0) is 0 Å². The van der Waals surface area contributed by atoms with Gasteiger partial charge in [-0.1, -0.05) is 0 Å². The number of fused-ring (bicyclic) bond motifs is 1. The summed E-state index contributed by atoms with van der Waals surface area (Å²) in [4.78, 5) is 12.3. The average Bonchev–Trinajstić information content (AvgIpc) is 3.19. The van der Waals surface area contributed by atoms with Gasteiger partial charge in [0.05, 0.1) is 5.54 Å². The average molecular weight is 313 g/mol. The molecule has 3 N–H and O–H groups in total. The van der Waals surface area contributed by atoms with Crippen LogP contribution in [0.4, 0.5) is 4.39 Å². The van der Waals surface area contributed by atoms with Gasteiger partial charge in [-0.15, -0.1) is 12.4 Å². The first-order chi connectivity index (χ1) is 9.51. The minimum absolute atomic E-state index is 0. The zero-order chi connectivity index (χ0) is 14.3. The SMILES string of the molecule is CC(CN)(NC(=O)c1cc2cc(F)ccc2o1)C1CC1.Cl. The van der Waals surface area contributed by atoms with E-state index in [4.69, 9.17) is 10.2 Å². The van der Waals surface area contributed by atoms with Gasteiger partial charge in [0.2, 0.25) is 0 Å². The molecule has 1 fully saturated rings. The van der Waals surface area contributed by atoms with Crippen molar-refractivity contribution < 1.29 is 13.6 Å². The summed E-state index contributed by atoms with van der Waals surface area (Å²) in [5.41, 5.74) is 5.87. The number of hydrogen-bond acceptors (Lipinski definition) is 3. The van der Waals surface area contributed by atoms with Gasteiger partial charge < -0.3 is 15.5 Å². The van der Waals surface area contributed by atoms with Crippen LogP contribution < -0.4 is 11.1 Å². The van der Waals surface area contributed by atoms with Gasteiger partial charge in [-0.3, -0.25) is 4.79 Å². The lowest BCUT2D eigenvalue weighted by Crippen LogP contribution is -2.53. The first kappa shape index (κ1) is 15.8. The maximum Gasteiger partial charge on any atom is 0.287 e. The molecule has 1 saturated carbocycles. The molecule has 1 aliphatic rings. The molecule has 114 valence electrons. The maximum atomic E-state index is 13.1. The van der Waals surface area contributed by atoms with E-state index in [1.807, 2.05) is 6.92 Å². The van der Waals surface area contributed by atoms with E-state index in [2.05, 4.69) is 5.32 Å². The fourth-order valence-corrected chi connectivity index (χ4v) is 2.49. The lowest BCUT2D eigenvalue weighted by atomic mass is 9.96. The third-order valence-corrected chi connectivity index (χ3v) is 4.00. The van der Waals surface area contributed by atoms with Crippen LogP contribution in [0.15, 0.2) is 28.7 Å². The summed E-state index contributed by atoms with van der Waals surface area (Å²) < 4.78 is 18.6. The molecule has 0 saturated heterocycles. The highest BCUT2D eigenvalue weighted by Crippen LogP contribution is 2.39. The fraction of sp³-hybridized carbons (Fsp3) is 0.400. The quantitative estimate of drug-likeness (QED) is 0.912. The minimum Gasteiger partial charge on any atom is -0.451 e. The molecule has 1 aromatic carbocycles. The van der Waals surface area contributed by atoms with Gasteiger partial charge in [0.1, 0.15) is 11.4 Å². The number of hydrogen-bond donors (Lipinski definition) is 2. The topological polar surface area (TPSA) is 68.3 Å². The van der Waals surface area contributed by atoms with Crippen molar-refractivity contribution in [3.63, 3.8) is 0 Å². The number of benzene rings is 1. The number of nitrogens with two attached hydrogens (primary N) is 1. The van der Waals surface area contributed by atoms with Crippen LogP contribution >= 0.6 is 12.4 Å². The molecule has 1 aliphatic carbocycles. The summed E-state index contributed by atoms with van der Waals surface area (Å²) in [6, 6.07) is 5.72. The lowest BCUT2D eigenvalue weighted by molar-refractivity contribution is 0.0871. The van der Waals surface area contributed by atoms with Crippen molar-refractivity contribution in [2.24, 2.45) is 11.7 Å². The molecular weight excluding hydrogens is 295 g/mol. The smallest absolute Gasteiger partial charge is 0.287 e. The number of carbonyl (C=O) groups excluding carboxylic acids is 1. The van der Waals surface area contributed by atoms with Crippen molar-refractivity contribution in [3.8, 4) is 0 Å². The first-order valence-electron chi connectivity index (χ1n) is 6.73. The number of furan rings is 1. The molecule has 0 radical (unpaired) electrons. The molecule has 0 bridgehead atoms. The van der Waals surface area contributed by atoms with E-state index in [0.717, 1.165) is 12.8 Å². The molecule has 1 heterocycles. The van der Waals surface area contributed by atoms with Crippen molar-refractivity contribution in [2.45, 2.75) is 25.3 Å². The van der Waals surface area contributed by atoms with Crippen LogP contribution in [0.5, 0.6) is 0 Å². The van der Waals surface area contributed by atoms with Crippen LogP contribution in [0.1, 0.15) is 30.3 Å². The van der Waals surface area contributed by atoms with Crippen LogP contribution in [0, 0.1) is 11.7 Å². The summed E-state index contributed by atoms with van der Waals surface area (Å²) in [7, 11) is 0. The molecule has 0 aliphatic heterocycles. The van der Waals surface area contributed by atoms with E-state index in [9.17, 15) is 9.18 Å². The Balaban J connectivity index is 0.00000161. The Hall–Kier alpha value is -1.59. The monoisotopic (exact) mass is 312 g/mol. The number of halogens is 2. The Morgan fingerprint density at radius 1 is 1.48 bits per heavy atom. The Kier molecular flexibility index (Phi) is 4.25. The number of amides is 1. The summed E-state index contributed by atoms with van der Waals surface area (Å²) in [6.45, 7) is 2.34. The lowest BCUT2D eigenvalue weighted by Gasteiger charge is -2.28. The first-order valence-corrected chi connectivity index (χ1v) is 6.73. The Bertz CT molecular complexity index is 669. The molecular formula is C15H18ClFN2O2. The van der Waals surface area contributed by atoms with Crippen molar-refractivity contribution in [1.29, 1.82) is 0 Å². The van der Waals surface area contributed by atoms with Gasteiger partial charge in [-0.05, 0) is 49.9 Å². The predicted octanol–water partition coefficient (Wildman–Crippen LogP) is 2.85. The molecule has 21 heavy (non-hydrogen) atoms. The summed E-state index contributed by atoms with van der Waals surface area (Å²) in [5.74, 6) is -0.0410. The van der Waals surface area contributed by atoms with E-state index in [0.29, 0.717) is 23.4 Å². The third kappa shape index (κ3) is 3.04. The van der Waals surface area contributed by atoms with E-state index < -0.39 is 5.54 Å². The van der Waals surface area contributed by atoms with E-state index in [1.54, 1.807) is 6.07 Å². The fourth-order valence-electron chi connectivity index (χ4n) is 2.49. The molecule has 0 spiro atoms. The van der Waals surface area contributed by atoms with Gasteiger partial charge in [-0.25, -0.2) is 4.39 Å². The highest BCUT2D eigenvalue weighted by molar-refractivity contribution is 5.96. The van der Waals surface area contributed by atoms with Crippen molar-refractivity contribution in [2.75, 3.05) is 6.54 Å². The molecule has 3 rings (SSSR count). The second-order valence-electron chi connectivity index (χ2n) is 5.64. The summed E-state index contributed by atoms with van der Waals surface area (Å²) in [5, 5.41) is 3.53. The van der Waals surface area contributed by atoms with Crippen LogP contribution in [0.25, 0.3) is 11.0 Å².